The van der Waals surface area contributed by atoms with Crippen LogP contribution in [0.3, 0.4) is 0 Å². The van der Waals surface area contributed by atoms with Crippen molar-refractivity contribution in [3.05, 3.63) is 21.0 Å². The van der Waals surface area contributed by atoms with Gasteiger partial charge in [0.15, 0.2) is 0 Å². The van der Waals surface area contributed by atoms with Crippen LogP contribution in [-0.2, 0) is 6.54 Å². The minimum atomic E-state index is -0.0101. The van der Waals surface area contributed by atoms with Crippen molar-refractivity contribution in [2.24, 2.45) is 5.92 Å². The molecule has 2 aliphatic carbocycles. The molecule has 2 unspecified atom stereocenters. The Kier molecular flexibility index (Phi) is 4.94. The van der Waals surface area contributed by atoms with Gasteiger partial charge in [-0.25, -0.2) is 4.68 Å². The molecular formula is C15H22BrN3OS. The number of halogens is 1. The van der Waals surface area contributed by atoms with Crippen LogP contribution in [0.1, 0.15) is 38.5 Å². The van der Waals surface area contributed by atoms with Crippen LogP contribution in [0.5, 0.6) is 0 Å². The van der Waals surface area contributed by atoms with E-state index in [1.54, 1.807) is 10.9 Å². The van der Waals surface area contributed by atoms with Crippen molar-refractivity contribution in [2.75, 3.05) is 11.6 Å². The highest BCUT2D eigenvalue weighted by Gasteiger charge is 2.25. The van der Waals surface area contributed by atoms with E-state index in [2.05, 4.69) is 32.6 Å². The number of aromatic nitrogens is 2. The molecule has 1 aromatic heterocycles. The van der Waals surface area contributed by atoms with Crippen molar-refractivity contribution >= 4 is 33.4 Å². The molecule has 116 valence electrons. The van der Waals surface area contributed by atoms with Gasteiger partial charge in [-0.1, -0.05) is 6.42 Å². The molecule has 0 saturated heterocycles. The maximum Gasteiger partial charge on any atom is 0.283 e. The van der Waals surface area contributed by atoms with E-state index in [-0.39, 0.29) is 5.56 Å². The van der Waals surface area contributed by atoms with Crippen LogP contribution < -0.4 is 10.9 Å². The average molecular weight is 372 g/mol. The SMILES string of the molecule is CSC1CCCC(Nc2cnn(CC3CC3)c(=O)c2Br)C1. The molecular weight excluding hydrogens is 350 g/mol. The Bertz CT molecular complexity index is 558. The summed E-state index contributed by atoms with van der Waals surface area (Å²) in [5.41, 5.74) is 0.836. The molecule has 2 aliphatic rings. The zero-order valence-electron chi connectivity index (χ0n) is 12.3. The Balaban J connectivity index is 1.70. The summed E-state index contributed by atoms with van der Waals surface area (Å²) >= 11 is 5.41. The van der Waals surface area contributed by atoms with Crippen LogP contribution in [0, 0.1) is 5.92 Å². The van der Waals surface area contributed by atoms with E-state index >= 15 is 0 Å². The summed E-state index contributed by atoms with van der Waals surface area (Å²) in [6, 6.07) is 0.452. The highest BCUT2D eigenvalue weighted by Crippen LogP contribution is 2.31. The molecule has 3 rings (SSSR count). The summed E-state index contributed by atoms with van der Waals surface area (Å²) in [6.45, 7) is 0.760. The lowest BCUT2D eigenvalue weighted by Gasteiger charge is -2.29. The third-order valence-corrected chi connectivity index (χ3v) is 6.29. The zero-order chi connectivity index (χ0) is 14.8. The van der Waals surface area contributed by atoms with E-state index in [4.69, 9.17) is 0 Å². The average Bonchev–Trinajstić information content (AvgIpc) is 3.31. The van der Waals surface area contributed by atoms with Gasteiger partial charge in [0.25, 0.3) is 5.56 Å². The van der Waals surface area contributed by atoms with E-state index < -0.39 is 0 Å². The van der Waals surface area contributed by atoms with Crippen molar-refractivity contribution < 1.29 is 0 Å². The third-order valence-electron chi connectivity index (χ3n) is 4.43. The summed E-state index contributed by atoms with van der Waals surface area (Å²) in [5.74, 6) is 0.654. The molecule has 0 aliphatic heterocycles. The number of thioether (sulfide) groups is 1. The van der Waals surface area contributed by atoms with E-state index in [0.29, 0.717) is 16.4 Å². The largest absolute Gasteiger partial charge is 0.380 e. The van der Waals surface area contributed by atoms with E-state index in [1.165, 1.54) is 38.5 Å². The van der Waals surface area contributed by atoms with Crippen LogP contribution in [0.25, 0.3) is 0 Å². The van der Waals surface area contributed by atoms with Gasteiger partial charge in [-0.05, 0) is 60.2 Å². The van der Waals surface area contributed by atoms with E-state index in [9.17, 15) is 4.79 Å². The van der Waals surface area contributed by atoms with Gasteiger partial charge in [-0.2, -0.15) is 16.9 Å². The first kappa shape index (κ1) is 15.4. The predicted octanol–water partition coefficient (Wildman–Crippen LogP) is 3.50. The van der Waals surface area contributed by atoms with Gasteiger partial charge in [-0.3, -0.25) is 4.79 Å². The molecule has 4 nitrogen and oxygen atoms in total. The molecule has 2 fully saturated rings. The Morgan fingerprint density at radius 1 is 1.43 bits per heavy atom. The molecule has 6 heteroatoms. The molecule has 1 N–H and O–H groups in total. The lowest BCUT2D eigenvalue weighted by atomic mass is 9.95. The van der Waals surface area contributed by atoms with Crippen molar-refractivity contribution in [3.63, 3.8) is 0 Å². The molecule has 2 saturated carbocycles. The second-order valence-corrected chi connectivity index (χ2v) is 8.10. The number of nitrogens with one attached hydrogen (secondary N) is 1. The fourth-order valence-electron chi connectivity index (χ4n) is 2.95. The summed E-state index contributed by atoms with van der Waals surface area (Å²) in [7, 11) is 0. The van der Waals surface area contributed by atoms with Crippen molar-refractivity contribution in [1.82, 2.24) is 9.78 Å². The van der Waals surface area contributed by atoms with Gasteiger partial charge < -0.3 is 5.32 Å². The second kappa shape index (κ2) is 6.73. The quantitative estimate of drug-likeness (QED) is 0.860. The lowest BCUT2D eigenvalue weighted by molar-refractivity contribution is 0.472. The van der Waals surface area contributed by atoms with Crippen molar-refractivity contribution in [2.45, 2.75) is 56.4 Å². The standard InChI is InChI=1S/C15H22BrN3OS/c1-21-12-4-2-3-11(7-12)18-13-8-17-19(9-10-5-6-10)15(20)14(13)16/h8,10-12,18H,2-7,9H2,1H3. The third kappa shape index (κ3) is 3.83. The summed E-state index contributed by atoms with van der Waals surface area (Å²) in [4.78, 5) is 12.3. The maximum absolute atomic E-state index is 12.3. The monoisotopic (exact) mass is 371 g/mol. The Hall–Kier alpha value is -0.490. The Labute approximate surface area is 138 Å². The Morgan fingerprint density at radius 3 is 2.95 bits per heavy atom. The maximum atomic E-state index is 12.3. The fraction of sp³-hybridized carbons (Fsp3) is 0.733. The van der Waals surface area contributed by atoms with E-state index in [1.807, 2.05) is 11.8 Å². The second-order valence-electron chi connectivity index (χ2n) is 6.17. The van der Waals surface area contributed by atoms with Gasteiger partial charge in [0, 0.05) is 17.8 Å². The highest BCUT2D eigenvalue weighted by molar-refractivity contribution is 9.10. The molecule has 1 heterocycles. The van der Waals surface area contributed by atoms with Gasteiger partial charge in [0.1, 0.15) is 4.47 Å². The first-order chi connectivity index (χ1) is 10.2. The molecule has 0 bridgehead atoms. The zero-order valence-corrected chi connectivity index (χ0v) is 14.8. The number of hydrogen-bond acceptors (Lipinski definition) is 4. The van der Waals surface area contributed by atoms with Gasteiger partial charge in [0.2, 0.25) is 0 Å². The van der Waals surface area contributed by atoms with Crippen LogP contribution in [0.4, 0.5) is 5.69 Å². The van der Waals surface area contributed by atoms with Crippen LogP contribution in [0.15, 0.2) is 15.5 Å². The topological polar surface area (TPSA) is 46.9 Å². The number of rotatable bonds is 5. The first-order valence-corrected chi connectivity index (χ1v) is 9.80. The smallest absolute Gasteiger partial charge is 0.283 e. The first-order valence-electron chi connectivity index (χ1n) is 7.72. The molecule has 2 atom stereocenters. The molecule has 21 heavy (non-hydrogen) atoms. The number of anilines is 1. The van der Waals surface area contributed by atoms with Crippen molar-refractivity contribution in [3.8, 4) is 0 Å². The van der Waals surface area contributed by atoms with Gasteiger partial charge in [-0.15, -0.1) is 0 Å². The Morgan fingerprint density at radius 2 is 2.24 bits per heavy atom. The van der Waals surface area contributed by atoms with Crippen LogP contribution in [-0.4, -0.2) is 27.3 Å². The minimum Gasteiger partial charge on any atom is -0.380 e. The molecule has 0 spiro atoms. The highest BCUT2D eigenvalue weighted by atomic mass is 79.9. The van der Waals surface area contributed by atoms with Gasteiger partial charge >= 0.3 is 0 Å². The summed E-state index contributed by atoms with van der Waals surface area (Å²) < 4.78 is 2.22. The number of hydrogen-bond donors (Lipinski definition) is 1. The van der Waals surface area contributed by atoms with Crippen molar-refractivity contribution in [1.29, 1.82) is 0 Å². The fourth-order valence-corrected chi connectivity index (χ4v) is 4.20. The normalized spacial score (nSPS) is 25.8. The van der Waals surface area contributed by atoms with Crippen LogP contribution >= 0.6 is 27.7 Å². The molecule has 0 radical (unpaired) electrons. The molecule has 0 amide bonds. The summed E-state index contributed by atoms with van der Waals surface area (Å²) in [6.07, 6.45) is 11.3. The molecule has 0 aromatic carbocycles. The summed E-state index contributed by atoms with van der Waals surface area (Å²) in [5, 5.41) is 8.58. The molecule has 1 aromatic rings. The van der Waals surface area contributed by atoms with Crippen LogP contribution in [0.2, 0.25) is 0 Å². The lowest BCUT2D eigenvalue weighted by Crippen LogP contribution is -2.31. The van der Waals surface area contributed by atoms with Gasteiger partial charge in [0.05, 0.1) is 11.9 Å². The number of nitrogens with zero attached hydrogens (tertiary/aromatic N) is 2. The minimum absolute atomic E-state index is 0.0101. The predicted molar refractivity (Wildman–Crippen MR) is 92.1 cm³/mol. The van der Waals surface area contributed by atoms with E-state index in [0.717, 1.165) is 17.5 Å².